The van der Waals surface area contributed by atoms with Crippen molar-refractivity contribution in [3.05, 3.63) is 18.7 Å². The van der Waals surface area contributed by atoms with Gasteiger partial charge in [-0.1, -0.05) is 12.8 Å². The molecule has 1 aromatic rings. The Bertz CT molecular complexity index is 511. The molecule has 24 heavy (non-hydrogen) atoms. The smallest absolute Gasteiger partial charge is 0.315 e. The SMILES string of the molecule is COCCC1(CNC(=O)N[C@@H]2CCC[C@@H]2n2ccnc2)CCCC1. The molecule has 134 valence electrons. The van der Waals surface area contributed by atoms with Gasteiger partial charge in [0.2, 0.25) is 0 Å². The first kappa shape index (κ1) is 17.3. The molecular weight excluding hydrogens is 304 g/mol. The molecule has 1 heterocycles. The van der Waals surface area contributed by atoms with Gasteiger partial charge < -0.3 is 19.9 Å². The average molecular weight is 334 g/mol. The van der Waals surface area contributed by atoms with E-state index in [0.717, 1.165) is 38.8 Å². The van der Waals surface area contributed by atoms with Crippen LogP contribution in [-0.4, -0.2) is 41.9 Å². The van der Waals surface area contributed by atoms with Gasteiger partial charge in [-0.05, 0) is 43.9 Å². The first-order chi connectivity index (χ1) is 11.7. The van der Waals surface area contributed by atoms with Crippen LogP contribution in [0.15, 0.2) is 18.7 Å². The van der Waals surface area contributed by atoms with Crippen LogP contribution in [-0.2, 0) is 4.74 Å². The predicted octanol–water partition coefficient (Wildman–Crippen LogP) is 2.87. The lowest BCUT2D eigenvalue weighted by atomic mass is 9.83. The molecule has 0 radical (unpaired) electrons. The van der Waals surface area contributed by atoms with Crippen LogP contribution >= 0.6 is 0 Å². The van der Waals surface area contributed by atoms with Crippen molar-refractivity contribution < 1.29 is 9.53 Å². The van der Waals surface area contributed by atoms with Gasteiger partial charge >= 0.3 is 6.03 Å². The summed E-state index contributed by atoms with van der Waals surface area (Å²) in [5, 5.41) is 6.32. The predicted molar refractivity (Wildman–Crippen MR) is 92.8 cm³/mol. The molecule has 2 aliphatic carbocycles. The summed E-state index contributed by atoms with van der Waals surface area (Å²) in [5.41, 5.74) is 0.229. The number of aromatic nitrogens is 2. The summed E-state index contributed by atoms with van der Waals surface area (Å²) in [7, 11) is 1.75. The van der Waals surface area contributed by atoms with Crippen LogP contribution in [0.2, 0.25) is 0 Å². The molecule has 0 unspecified atom stereocenters. The van der Waals surface area contributed by atoms with Crippen LogP contribution in [0, 0.1) is 5.41 Å². The monoisotopic (exact) mass is 334 g/mol. The third-order valence-corrected chi connectivity index (χ3v) is 5.83. The molecule has 0 bridgehead atoms. The maximum absolute atomic E-state index is 12.4. The number of methoxy groups -OCH3 is 1. The van der Waals surface area contributed by atoms with Gasteiger partial charge in [-0.2, -0.15) is 0 Å². The Hall–Kier alpha value is -1.56. The number of amides is 2. The van der Waals surface area contributed by atoms with Gasteiger partial charge in [0.1, 0.15) is 0 Å². The van der Waals surface area contributed by atoms with E-state index < -0.39 is 0 Å². The third-order valence-electron chi connectivity index (χ3n) is 5.83. The molecule has 6 nitrogen and oxygen atoms in total. The largest absolute Gasteiger partial charge is 0.385 e. The Morgan fingerprint density at radius 2 is 2.17 bits per heavy atom. The Morgan fingerprint density at radius 1 is 1.33 bits per heavy atom. The van der Waals surface area contributed by atoms with Crippen molar-refractivity contribution in [2.45, 2.75) is 63.5 Å². The minimum atomic E-state index is -0.0318. The Morgan fingerprint density at radius 3 is 2.88 bits per heavy atom. The van der Waals surface area contributed by atoms with Crippen molar-refractivity contribution in [2.24, 2.45) is 5.41 Å². The third kappa shape index (κ3) is 4.09. The Balaban J connectivity index is 1.50. The minimum Gasteiger partial charge on any atom is -0.385 e. The second-order valence-electron chi connectivity index (χ2n) is 7.39. The zero-order valence-electron chi connectivity index (χ0n) is 14.7. The van der Waals surface area contributed by atoms with E-state index in [2.05, 4.69) is 20.2 Å². The fraction of sp³-hybridized carbons (Fsp3) is 0.778. The maximum Gasteiger partial charge on any atom is 0.315 e. The number of imidazole rings is 1. The Labute approximate surface area is 144 Å². The van der Waals surface area contributed by atoms with Crippen molar-refractivity contribution in [2.75, 3.05) is 20.3 Å². The van der Waals surface area contributed by atoms with E-state index in [-0.39, 0.29) is 17.5 Å². The summed E-state index contributed by atoms with van der Waals surface area (Å²) in [4.78, 5) is 16.5. The summed E-state index contributed by atoms with van der Waals surface area (Å²) in [6, 6.07) is 0.487. The molecule has 2 saturated carbocycles. The molecule has 2 amide bonds. The zero-order valence-corrected chi connectivity index (χ0v) is 14.7. The summed E-state index contributed by atoms with van der Waals surface area (Å²) in [6.45, 7) is 1.53. The number of urea groups is 1. The van der Waals surface area contributed by atoms with Crippen molar-refractivity contribution in [1.29, 1.82) is 0 Å². The number of hydrogen-bond acceptors (Lipinski definition) is 3. The molecule has 0 aliphatic heterocycles. The van der Waals surface area contributed by atoms with Gasteiger partial charge in [-0.15, -0.1) is 0 Å². The highest BCUT2D eigenvalue weighted by Crippen LogP contribution is 2.40. The molecule has 0 saturated heterocycles. The minimum absolute atomic E-state index is 0.0318. The summed E-state index contributed by atoms with van der Waals surface area (Å²) < 4.78 is 7.38. The number of hydrogen-bond donors (Lipinski definition) is 2. The number of carbonyl (C=O) groups excluding carboxylic acids is 1. The normalized spacial score (nSPS) is 25.7. The highest BCUT2D eigenvalue weighted by molar-refractivity contribution is 5.74. The molecule has 1 aromatic heterocycles. The maximum atomic E-state index is 12.4. The molecule has 2 aliphatic rings. The topological polar surface area (TPSA) is 68.2 Å². The van der Waals surface area contributed by atoms with E-state index in [4.69, 9.17) is 4.74 Å². The fourth-order valence-electron chi connectivity index (χ4n) is 4.38. The zero-order chi connectivity index (χ0) is 16.8. The highest BCUT2D eigenvalue weighted by atomic mass is 16.5. The average Bonchev–Trinajstić information content (AvgIpc) is 3.32. The summed E-state index contributed by atoms with van der Waals surface area (Å²) >= 11 is 0. The Kier molecular flexibility index (Phi) is 5.76. The number of rotatable bonds is 7. The number of carbonyl (C=O) groups is 1. The fourth-order valence-corrected chi connectivity index (χ4v) is 4.38. The van der Waals surface area contributed by atoms with Crippen molar-refractivity contribution in [1.82, 2.24) is 20.2 Å². The van der Waals surface area contributed by atoms with Crippen molar-refractivity contribution >= 4 is 6.03 Å². The van der Waals surface area contributed by atoms with Gasteiger partial charge in [0.05, 0.1) is 18.4 Å². The molecule has 2 N–H and O–H groups in total. The van der Waals surface area contributed by atoms with E-state index in [1.54, 1.807) is 13.3 Å². The van der Waals surface area contributed by atoms with Crippen LogP contribution in [0.5, 0.6) is 0 Å². The molecule has 2 fully saturated rings. The first-order valence-electron chi connectivity index (χ1n) is 9.23. The lowest BCUT2D eigenvalue weighted by molar-refractivity contribution is 0.135. The number of nitrogens with zero attached hydrogens (tertiary/aromatic N) is 2. The second kappa shape index (κ2) is 8.01. The van der Waals surface area contributed by atoms with Crippen LogP contribution in [0.3, 0.4) is 0 Å². The molecule has 3 rings (SSSR count). The van der Waals surface area contributed by atoms with Gasteiger partial charge in [0, 0.05) is 32.7 Å². The summed E-state index contributed by atoms with van der Waals surface area (Å²) in [6.07, 6.45) is 14.9. The summed E-state index contributed by atoms with van der Waals surface area (Å²) in [5.74, 6) is 0. The number of ether oxygens (including phenoxy) is 1. The van der Waals surface area contributed by atoms with Crippen molar-refractivity contribution in [3.8, 4) is 0 Å². The number of nitrogens with one attached hydrogen (secondary N) is 2. The first-order valence-corrected chi connectivity index (χ1v) is 9.23. The van der Waals surface area contributed by atoms with Crippen molar-refractivity contribution in [3.63, 3.8) is 0 Å². The van der Waals surface area contributed by atoms with E-state index in [1.165, 1.54) is 25.7 Å². The van der Waals surface area contributed by atoms with Crippen LogP contribution in [0.1, 0.15) is 57.4 Å². The van der Waals surface area contributed by atoms with E-state index in [0.29, 0.717) is 6.04 Å². The lowest BCUT2D eigenvalue weighted by Gasteiger charge is -2.30. The molecular formula is C18H30N4O2. The lowest BCUT2D eigenvalue weighted by Crippen LogP contribution is -2.47. The highest BCUT2D eigenvalue weighted by Gasteiger charge is 2.34. The van der Waals surface area contributed by atoms with E-state index in [9.17, 15) is 4.79 Å². The van der Waals surface area contributed by atoms with Gasteiger partial charge in [-0.25, -0.2) is 9.78 Å². The molecule has 0 aromatic carbocycles. The second-order valence-corrected chi connectivity index (χ2v) is 7.39. The van der Waals surface area contributed by atoms with Gasteiger partial charge in [-0.3, -0.25) is 0 Å². The van der Waals surface area contributed by atoms with Crippen LogP contribution in [0.4, 0.5) is 4.79 Å². The van der Waals surface area contributed by atoms with Crippen LogP contribution < -0.4 is 10.6 Å². The van der Waals surface area contributed by atoms with Gasteiger partial charge in [0.15, 0.2) is 0 Å². The molecule has 6 heteroatoms. The molecule has 0 spiro atoms. The quantitative estimate of drug-likeness (QED) is 0.805. The van der Waals surface area contributed by atoms with E-state index >= 15 is 0 Å². The van der Waals surface area contributed by atoms with Crippen LogP contribution in [0.25, 0.3) is 0 Å². The van der Waals surface area contributed by atoms with Gasteiger partial charge in [0.25, 0.3) is 0 Å². The molecule has 2 atom stereocenters. The standard InChI is InChI=1S/C18H30N4O2/c1-24-12-9-18(7-2-3-8-18)13-20-17(23)21-15-5-4-6-16(15)22-11-10-19-14-22/h10-11,14-16H,2-9,12-13H2,1H3,(H2,20,21,23)/t15-,16+/m1/s1. The van der Waals surface area contributed by atoms with E-state index in [1.807, 2.05) is 12.5 Å².